The number of nitrogens with one attached hydrogen (secondary N) is 1. The summed E-state index contributed by atoms with van der Waals surface area (Å²) in [5.74, 6) is 0.0198. The number of carbonyl (C=O) groups excluding carboxylic acids is 1. The van der Waals surface area contributed by atoms with Crippen molar-refractivity contribution in [1.29, 1.82) is 0 Å². The van der Waals surface area contributed by atoms with E-state index in [-0.39, 0.29) is 5.91 Å². The number of benzene rings is 2. The number of nitrogens with zero attached hydrogens (tertiary/aromatic N) is 2. The van der Waals surface area contributed by atoms with Crippen molar-refractivity contribution in [3.05, 3.63) is 54.1 Å². The van der Waals surface area contributed by atoms with E-state index in [1.807, 2.05) is 18.2 Å². The second-order valence-corrected chi connectivity index (χ2v) is 7.56. The third-order valence-electron chi connectivity index (χ3n) is 5.55. The summed E-state index contributed by atoms with van der Waals surface area (Å²) in [5, 5.41) is 3.10. The quantitative estimate of drug-likeness (QED) is 0.861. The average molecular weight is 380 g/mol. The predicted molar refractivity (Wildman–Crippen MR) is 114 cm³/mol. The number of anilines is 3. The van der Waals surface area contributed by atoms with E-state index in [0.29, 0.717) is 6.42 Å². The van der Waals surface area contributed by atoms with E-state index in [9.17, 15) is 4.79 Å². The third-order valence-corrected chi connectivity index (χ3v) is 5.55. The molecule has 2 heterocycles. The van der Waals surface area contributed by atoms with Crippen molar-refractivity contribution in [1.82, 2.24) is 0 Å². The van der Waals surface area contributed by atoms with Crippen LogP contribution in [0.25, 0.3) is 0 Å². The van der Waals surface area contributed by atoms with Gasteiger partial charge in [-0.15, -0.1) is 0 Å². The van der Waals surface area contributed by atoms with E-state index < -0.39 is 0 Å². The molecule has 2 aromatic carbocycles. The summed E-state index contributed by atoms with van der Waals surface area (Å²) < 4.78 is 5.44. The summed E-state index contributed by atoms with van der Waals surface area (Å²) in [6.45, 7) is 5.43. The van der Waals surface area contributed by atoms with Gasteiger partial charge in [-0.05, 0) is 49.1 Å². The van der Waals surface area contributed by atoms with Crippen LogP contribution >= 0.6 is 0 Å². The highest BCUT2D eigenvalue weighted by atomic mass is 16.5. The number of rotatable bonds is 5. The predicted octanol–water partition coefficient (Wildman–Crippen LogP) is 3.69. The van der Waals surface area contributed by atoms with Crippen LogP contribution in [0, 0.1) is 0 Å². The molecule has 0 radical (unpaired) electrons. The maximum absolute atomic E-state index is 12.6. The minimum absolute atomic E-state index is 0.0198. The van der Waals surface area contributed by atoms with Crippen molar-refractivity contribution >= 4 is 23.0 Å². The van der Waals surface area contributed by atoms with Gasteiger partial charge in [0, 0.05) is 31.9 Å². The molecule has 5 heteroatoms. The molecule has 0 aliphatic carbocycles. The fraction of sp³-hybridized carbons (Fsp3) is 0.435. The first kappa shape index (κ1) is 18.8. The molecule has 4 rings (SSSR count). The highest BCUT2D eigenvalue weighted by Gasteiger charge is 2.16. The Morgan fingerprint density at radius 2 is 1.57 bits per heavy atom. The van der Waals surface area contributed by atoms with Gasteiger partial charge in [0.05, 0.1) is 31.0 Å². The highest BCUT2D eigenvalue weighted by Crippen LogP contribution is 2.26. The molecule has 1 amide bonds. The Morgan fingerprint density at radius 3 is 2.32 bits per heavy atom. The first-order valence-corrected chi connectivity index (χ1v) is 10.3. The number of hydrogen-bond acceptors (Lipinski definition) is 4. The number of carbonyl (C=O) groups is 1. The Kier molecular flexibility index (Phi) is 6.12. The molecule has 0 aromatic heterocycles. The summed E-state index contributed by atoms with van der Waals surface area (Å²) in [7, 11) is 0. The van der Waals surface area contributed by atoms with E-state index in [4.69, 9.17) is 4.74 Å². The van der Waals surface area contributed by atoms with Gasteiger partial charge in [-0.3, -0.25) is 4.79 Å². The highest BCUT2D eigenvalue weighted by molar-refractivity contribution is 5.95. The van der Waals surface area contributed by atoms with Crippen molar-refractivity contribution in [3.8, 4) is 0 Å². The number of para-hydroxylation sites is 2. The molecule has 0 spiro atoms. The topological polar surface area (TPSA) is 44.8 Å². The average Bonchev–Trinajstić information content (AvgIpc) is 2.76. The Labute approximate surface area is 167 Å². The molecule has 2 fully saturated rings. The third kappa shape index (κ3) is 4.65. The lowest BCUT2D eigenvalue weighted by molar-refractivity contribution is -0.115. The normalized spacial score (nSPS) is 17.4. The van der Waals surface area contributed by atoms with Gasteiger partial charge in [-0.25, -0.2) is 0 Å². The molecular weight excluding hydrogens is 350 g/mol. The largest absolute Gasteiger partial charge is 0.378 e. The summed E-state index contributed by atoms with van der Waals surface area (Å²) in [6.07, 6.45) is 4.26. The first-order valence-electron chi connectivity index (χ1n) is 10.3. The van der Waals surface area contributed by atoms with Crippen LogP contribution in [0.3, 0.4) is 0 Å². The van der Waals surface area contributed by atoms with Crippen LogP contribution in [0.1, 0.15) is 24.8 Å². The van der Waals surface area contributed by atoms with Gasteiger partial charge in [0.15, 0.2) is 0 Å². The minimum atomic E-state index is 0.0198. The second kappa shape index (κ2) is 9.11. The number of hydrogen-bond donors (Lipinski definition) is 1. The van der Waals surface area contributed by atoms with E-state index in [0.717, 1.165) is 56.3 Å². The summed E-state index contributed by atoms with van der Waals surface area (Å²) >= 11 is 0. The molecular formula is C23H29N3O2. The molecule has 5 nitrogen and oxygen atoms in total. The molecule has 0 bridgehead atoms. The monoisotopic (exact) mass is 379 g/mol. The van der Waals surface area contributed by atoms with Gasteiger partial charge in [0.1, 0.15) is 0 Å². The molecule has 0 unspecified atom stereocenters. The van der Waals surface area contributed by atoms with Crippen LogP contribution in [0.5, 0.6) is 0 Å². The molecule has 2 aromatic rings. The number of morpholine rings is 1. The van der Waals surface area contributed by atoms with Crippen LogP contribution in [-0.2, 0) is 16.0 Å². The van der Waals surface area contributed by atoms with Crippen molar-refractivity contribution in [2.45, 2.75) is 25.7 Å². The molecule has 0 atom stereocenters. The lowest BCUT2D eigenvalue weighted by Gasteiger charge is -2.30. The summed E-state index contributed by atoms with van der Waals surface area (Å²) in [6, 6.07) is 16.5. The number of ether oxygens (including phenoxy) is 1. The Bertz CT molecular complexity index is 779. The van der Waals surface area contributed by atoms with Gasteiger partial charge in [-0.2, -0.15) is 0 Å². The van der Waals surface area contributed by atoms with E-state index in [1.165, 1.54) is 24.9 Å². The zero-order chi connectivity index (χ0) is 19.2. The van der Waals surface area contributed by atoms with Crippen LogP contribution in [0.15, 0.2) is 48.5 Å². The fourth-order valence-corrected chi connectivity index (χ4v) is 4.02. The molecule has 148 valence electrons. The maximum atomic E-state index is 12.6. The number of amides is 1. The molecule has 1 N–H and O–H groups in total. The van der Waals surface area contributed by atoms with Crippen molar-refractivity contribution in [2.24, 2.45) is 0 Å². The molecule has 0 saturated carbocycles. The van der Waals surface area contributed by atoms with Gasteiger partial charge in [0.2, 0.25) is 5.91 Å². The first-order chi connectivity index (χ1) is 13.8. The number of piperidine rings is 1. The Hall–Kier alpha value is -2.53. The molecule has 2 saturated heterocycles. The fourth-order valence-electron chi connectivity index (χ4n) is 4.02. The SMILES string of the molecule is O=C(Cc1ccc(N2CCCCC2)cc1)Nc1ccccc1N1CCOCC1. The smallest absolute Gasteiger partial charge is 0.228 e. The van der Waals surface area contributed by atoms with E-state index in [2.05, 4.69) is 45.4 Å². The lowest BCUT2D eigenvalue weighted by Crippen LogP contribution is -2.36. The van der Waals surface area contributed by atoms with Crippen LogP contribution in [-0.4, -0.2) is 45.3 Å². The summed E-state index contributed by atoms with van der Waals surface area (Å²) in [5.41, 5.74) is 4.25. The van der Waals surface area contributed by atoms with Crippen molar-refractivity contribution < 1.29 is 9.53 Å². The Balaban J connectivity index is 1.38. The lowest BCUT2D eigenvalue weighted by atomic mass is 10.1. The van der Waals surface area contributed by atoms with Gasteiger partial charge >= 0.3 is 0 Å². The van der Waals surface area contributed by atoms with E-state index >= 15 is 0 Å². The van der Waals surface area contributed by atoms with Crippen LogP contribution in [0.4, 0.5) is 17.1 Å². The minimum Gasteiger partial charge on any atom is -0.378 e. The molecule has 2 aliphatic rings. The zero-order valence-corrected chi connectivity index (χ0v) is 16.4. The molecule has 2 aliphatic heterocycles. The summed E-state index contributed by atoms with van der Waals surface area (Å²) in [4.78, 5) is 17.3. The zero-order valence-electron chi connectivity index (χ0n) is 16.4. The Morgan fingerprint density at radius 1 is 0.857 bits per heavy atom. The van der Waals surface area contributed by atoms with Gasteiger partial charge < -0.3 is 19.9 Å². The molecule has 28 heavy (non-hydrogen) atoms. The maximum Gasteiger partial charge on any atom is 0.228 e. The van der Waals surface area contributed by atoms with Gasteiger partial charge in [0.25, 0.3) is 0 Å². The van der Waals surface area contributed by atoms with E-state index in [1.54, 1.807) is 0 Å². The van der Waals surface area contributed by atoms with Crippen molar-refractivity contribution in [3.63, 3.8) is 0 Å². The second-order valence-electron chi connectivity index (χ2n) is 7.56. The van der Waals surface area contributed by atoms with Crippen LogP contribution < -0.4 is 15.1 Å². The van der Waals surface area contributed by atoms with Crippen LogP contribution in [0.2, 0.25) is 0 Å². The van der Waals surface area contributed by atoms with Crippen molar-refractivity contribution in [2.75, 3.05) is 54.5 Å². The van der Waals surface area contributed by atoms with Gasteiger partial charge in [-0.1, -0.05) is 24.3 Å². The standard InChI is InChI=1S/C23H29N3O2/c27-23(18-19-8-10-20(11-9-19)25-12-4-1-5-13-25)24-21-6-2-3-7-22(21)26-14-16-28-17-15-26/h2-3,6-11H,1,4-5,12-18H2,(H,24,27).